The van der Waals surface area contributed by atoms with E-state index in [1.54, 1.807) is 6.21 Å². The third-order valence-corrected chi connectivity index (χ3v) is 5.89. The van der Waals surface area contributed by atoms with Crippen LogP contribution in [-0.4, -0.2) is 17.1 Å². The molecule has 0 unspecified atom stereocenters. The number of hydrazone groups is 1. The molecule has 0 radical (unpaired) electrons. The number of amides is 1. The Kier molecular flexibility index (Phi) is 5.71. The van der Waals surface area contributed by atoms with Crippen LogP contribution in [-0.2, 0) is 19.4 Å². The molecule has 0 saturated heterocycles. The maximum atomic E-state index is 12.7. The Balaban J connectivity index is 1.27. The maximum Gasteiger partial charge on any atom is 0.271 e. The standard InChI is InChI=1S/C27H25N3O2/c31-27(20-14-15-25-23(16-20)22-11-5-6-12-24(22)29-25)30-28-17-21-10-4-7-13-26(21)32-18-19-8-2-1-3-9-19/h1-4,7-10,13-17,29H,5-6,11-12,18H2,(H,30,31)/b28-17+. The van der Waals surface area contributed by atoms with Crippen LogP contribution >= 0.6 is 0 Å². The summed E-state index contributed by atoms with van der Waals surface area (Å²) < 4.78 is 5.95. The number of benzene rings is 3. The third kappa shape index (κ3) is 4.28. The van der Waals surface area contributed by atoms with E-state index in [1.807, 2.05) is 72.8 Å². The largest absolute Gasteiger partial charge is 0.488 e. The van der Waals surface area contributed by atoms with E-state index in [1.165, 1.54) is 24.1 Å². The molecule has 0 saturated carbocycles. The summed E-state index contributed by atoms with van der Waals surface area (Å²) in [5.74, 6) is 0.492. The molecule has 5 rings (SSSR count). The number of para-hydroxylation sites is 1. The van der Waals surface area contributed by atoms with E-state index in [4.69, 9.17) is 4.74 Å². The number of nitrogens with zero attached hydrogens (tertiary/aromatic N) is 1. The van der Waals surface area contributed by atoms with Crippen LogP contribution in [0.2, 0.25) is 0 Å². The van der Waals surface area contributed by atoms with E-state index < -0.39 is 0 Å². The van der Waals surface area contributed by atoms with Crippen LogP contribution in [0.15, 0.2) is 77.9 Å². The van der Waals surface area contributed by atoms with Crippen LogP contribution in [0.25, 0.3) is 10.9 Å². The zero-order chi connectivity index (χ0) is 21.8. The van der Waals surface area contributed by atoms with E-state index in [-0.39, 0.29) is 5.91 Å². The van der Waals surface area contributed by atoms with Crippen molar-refractivity contribution in [1.29, 1.82) is 0 Å². The Labute approximate surface area is 187 Å². The Bertz CT molecular complexity index is 1270. The minimum absolute atomic E-state index is 0.225. The number of aryl methyl sites for hydroxylation is 2. The highest BCUT2D eigenvalue weighted by atomic mass is 16.5. The van der Waals surface area contributed by atoms with Crippen LogP contribution in [0.3, 0.4) is 0 Å². The van der Waals surface area contributed by atoms with Crippen LogP contribution in [0, 0.1) is 0 Å². The number of fused-ring (bicyclic) bond motifs is 3. The molecule has 1 aliphatic rings. The molecule has 1 heterocycles. The Hall–Kier alpha value is -3.86. The zero-order valence-corrected chi connectivity index (χ0v) is 17.8. The molecule has 4 aromatic rings. The first kappa shape index (κ1) is 20.1. The van der Waals surface area contributed by atoms with Crippen molar-refractivity contribution in [3.8, 4) is 5.75 Å². The SMILES string of the molecule is O=C(N/N=C/c1ccccc1OCc1ccccc1)c1ccc2[nH]c3c(c2c1)CCCC3. The molecule has 5 nitrogen and oxygen atoms in total. The molecule has 0 bridgehead atoms. The van der Waals surface area contributed by atoms with Gasteiger partial charge in [-0.05, 0) is 67.1 Å². The quantitative estimate of drug-likeness (QED) is 0.323. The molecule has 1 aromatic heterocycles. The number of aromatic amines is 1. The van der Waals surface area contributed by atoms with Gasteiger partial charge >= 0.3 is 0 Å². The van der Waals surface area contributed by atoms with E-state index in [2.05, 4.69) is 15.5 Å². The van der Waals surface area contributed by atoms with Crippen molar-refractivity contribution in [1.82, 2.24) is 10.4 Å². The molecule has 0 spiro atoms. The van der Waals surface area contributed by atoms with Crippen molar-refractivity contribution in [2.24, 2.45) is 5.10 Å². The molecule has 2 N–H and O–H groups in total. The van der Waals surface area contributed by atoms with Gasteiger partial charge in [0.25, 0.3) is 5.91 Å². The smallest absolute Gasteiger partial charge is 0.271 e. The third-order valence-electron chi connectivity index (χ3n) is 5.89. The molecular formula is C27H25N3O2. The molecule has 1 amide bonds. The van der Waals surface area contributed by atoms with E-state index in [0.29, 0.717) is 12.2 Å². The summed E-state index contributed by atoms with van der Waals surface area (Å²) >= 11 is 0. The van der Waals surface area contributed by atoms with Gasteiger partial charge in [0.15, 0.2) is 0 Å². The van der Waals surface area contributed by atoms with Gasteiger partial charge in [-0.2, -0.15) is 5.10 Å². The second kappa shape index (κ2) is 9.10. The number of hydrogen-bond donors (Lipinski definition) is 2. The summed E-state index contributed by atoms with van der Waals surface area (Å²) in [6, 6.07) is 23.4. The summed E-state index contributed by atoms with van der Waals surface area (Å²) in [5.41, 5.74) is 8.92. The maximum absolute atomic E-state index is 12.7. The van der Waals surface area contributed by atoms with Crippen molar-refractivity contribution in [3.63, 3.8) is 0 Å². The van der Waals surface area contributed by atoms with Crippen LogP contribution in [0.4, 0.5) is 0 Å². The predicted octanol–water partition coefficient (Wildman–Crippen LogP) is 5.39. The number of hydrogen-bond acceptors (Lipinski definition) is 3. The minimum Gasteiger partial charge on any atom is -0.488 e. The lowest BCUT2D eigenvalue weighted by Gasteiger charge is -2.10. The topological polar surface area (TPSA) is 66.5 Å². The monoisotopic (exact) mass is 423 g/mol. The van der Waals surface area contributed by atoms with Crippen LogP contribution < -0.4 is 10.2 Å². The van der Waals surface area contributed by atoms with Gasteiger partial charge < -0.3 is 9.72 Å². The molecule has 0 aliphatic heterocycles. The van der Waals surface area contributed by atoms with Crippen molar-refractivity contribution in [2.45, 2.75) is 32.3 Å². The molecule has 1 aliphatic carbocycles. The molecule has 160 valence electrons. The second-order valence-electron chi connectivity index (χ2n) is 8.06. The highest BCUT2D eigenvalue weighted by Gasteiger charge is 2.16. The van der Waals surface area contributed by atoms with Gasteiger partial charge in [0.2, 0.25) is 0 Å². The van der Waals surface area contributed by atoms with Gasteiger partial charge in [-0.25, -0.2) is 5.43 Å². The number of carbonyl (C=O) groups is 1. The first-order valence-corrected chi connectivity index (χ1v) is 11.0. The highest BCUT2D eigenvalue weighted by molar-refractivity contribution is 5.99. The van der Waals surface area contributed by atoms with Gasteiger partial charge in [-0.3, -0.25) is 4.79 Å². The fourth-order valence-corrected chi connectivity index (χ4v) is 4.23. The van der Waals surface area contributed by atoms with Crippen molar-refractivity contribution < 1.29 is 9.53 Å². The van der Waals surface area contributed by atoms with Gasteiger partial charge in [-0.1, -0.05) is 42.5 Å². The lowest BCUT2D eigenvalue weighted by atomic mass is 9.95. The van der Waals surface area contributed by atoms with Crippen molar-refractivity contribution in [3.05, 3.63) is 101 Å². The molecule has 5 heteroatoms. The molecule has 32 heavy (non-hydrogen) atoms. The van der Waals surface area contributed by atoms with Gasteiger partial charge in [0, 0.05) is 27.7 Å². The molecule has 0 fully saturated rings. The van der Waals surface area contributed by atoms with Crippen molar-refractivity contribution in [2.75, 3.05) is 0 Å². The van der Waals surface area contributed by atoms with Crippen molar-refractivity contribution >= 4 is 23.0 Å². The molecular weight excluding hydrogens is 398 g/mol. The predicted molar refractivity (Wildman–Crippen MR) is 127 cm³/mol. The summed E-state index contributed by atoms with van der Waals surface area (Å²) in [5, 5.41) is 5.33. The lowest BCUT2D eigenvalue weighted by molar-refractivity contribution is 0.0955. The van der Waals surface area contributed by atoms with Crippen LogP contribution in [0.5, 0.6) is 5.75 Å². The minimum atomic E-state index is -0.225. The van der Waals surface area contributed by atoms with E-state index in [9.17, 15) is 4.79 Å². The van der Waals surface area contributed by atoms with E-state index >= 15 is 0 Å². The van der Waals surface area contributed by atoms with Crippen LogP contribution in [0.1, 0.15) is 45.6 Å². The normalized spacial score (nSPS) is 13.2. The van der Waals surface area contributed by atoms with Gasteiger partial charge in [-0.15, -0.1) is 0 Å². The second-order valence-corrected chi connectivity index (χ2v) is 8.06. The number of aromatic nitrogens is 1. The zero-order valence-electron chi connectivity index (χ0n) is 17.8. The highest BCUT2D eigenvalue weighted by Crippen LogP contribution is 2.29. The Morgan fingerprint density at radius 3 is 2.72 bits per heavy atom. The molecule has 3 aromatic carbocycles. The van der Waals surface area contributed by atoms with Gasteiger partial charge in [0.05, 0.1) is 6.21 Å². The number of carbonyl (C=O) groups excluding carboxylic acids is 1. The average molecular weight is 424 g/mol. The number of H-pyrrole nitrogens is 1. The summed E-state index contributed by atoms with van der Waals surface area (Å²) in [4.78, 5) is 16.2. The van der Waals surface area contributed by atoms with Gasteiger partial charge in [0.1, 0.15) is 12.4 Å². The molecule has 0 atom stereocenters. The number of nitrogens with one attached hydrogen (secondary N) is 2. The first-order valence-electron chi connectivity index (χ1n) is 11.0. The summed E-state index contributed by atoms with van der Waals surface area (Å²) in [6.07, 6.45) is 6.19. The first-order chi connectivity index (χ1) is 15.8. The summed E-state index contributed by atoms with van der Waals surface area (Å²) in [6.45, 7) is 0.471. The number of rotatable bonds is 6. The number of ether oxygens (including phenoxy) is 1. The van der Waals surface area contributed by atoms with E-state index in [0.717, 1.165) is 40.6 Å². The summed E-state index contributed by atoms with van der Waals surface area (Å²) in [7, 11) is 0. The Morgan fingerprint density at radius 2 is 1.81 bits per heavy atom. The Morgan fingerprint density at radius 1 is 1.00 bits per heavy atom. The lowest BCUT2D eigenvalue weighted by Crippen LogP contribution is -2.17. The average Bonchev–Trinajstić information content (AvgIpc) is 3.22. The fourth-order valence-electron chi connectivity index (χ4n) is 4.23. The fraction of sp³-hybridized carbons (Fsp3) is 0.185.